The average molecular weight is 307 g/mol. The molecule has 1 saturated heterocycles. The van der Waals surface area contributed by atoms with E-state index in [4.69, 9.17) is 0 Å². The van der Waals surface area contributed by atoms with Crippen molar-refractivity contribution >= 4 is 23.1 Å². The molecule has 10 heteroatoms. The summed E-state index contributed by atoms with van der Waals surface area (Å²) in [7, 11) is 0. The Balaban J connectivity index is 2.86. The quantitative estimate of drug-likeness (QED) is 0.540. The molecule has 1 fully saturated rings. The molecule has 114 valence electrons. The molecule has 0 aromatic rings. The van der Waals surface area contributed by atoms with E-state index < -0.39 is 23.4 Å². The Morgan fingerprint density at radius 3 is 2.75 bits per heavy atom. The smallest absolute Gasteiger partial charge is 0.409 e. The highest BCUT2D eigenvalue weighted by Gasteiger charge is 2.40. The number of carbonyl (C=O) groups excluding carboxylic acids is 1. The summed E-state index contributed by atoms with van der Waals surface area (Å²) in [5.41, 5.74) is 0. The van der Waals surface area contributed by atoms with Crippen LogP contribution in [0, 0.1) is 10.1 Å². The van der Waals surface area contributed by atoms with Crippen molar-refractivity contribution in [1.82, 2.24) is 10.2 Å². The number of amides is 2. The lowest BCUT2D eigenvalue weighted by atomic mass is 10.1. The van der Waals surface area contributed by atoms with Gasteiger partial charge in [0.1, 0.15) is 12.8 Å². The highest BCUT2D eigenvalue weighted by Crippen LogP contribution is 2.27. The zero-order valence-corrected chi connectivity index (χ0v) is 12.0. The number of hydrogen-bond acceptors (Lipinski definition) is 6. The van der Waals surface area contributed by atoms with Crippen LogP contribution in [0.15, 0.2) is 0 Å². The van der Waals surface area contributed by atoms with Gasteiger partial charge in [-0.3, -0.25) is 9.69 Å². The van der Waals surface area contributed by atoms with E-state index >= 15 is 0 Å². The predicted octanol–water partition coefficient (Wildman–Crippen LogP) is 1.51. The van der Waals surface area contributed by atoms with Gasteiger partial charge in [-0.25, -0.2) is 4.79 Å². The third-order valence-corrected chi connectivity index (χ3v) is 3.87. The van der Waals surface area contributed by atoms with Crippen molar-refractivity contribution in [2.75, 3.05) is 6.61 Å². The van der Waals surface area contributed by atoms with Crippen LogP contribution in [0.2, 0.25) is 0 Å². The second kappa shape index (κ2) is 7.17. The van der Waals surface area contributed by atoms with Crippen LogP contribution in [-0.2, 0) is 4.84 Å². The minimum atomic E-state index is -1.24. The van der Waals surface area contributed by atoms with E-state index in [1.165, 1.54) is 0 Å². The maximum Gasteiger partial charge on any atom is 0.409 e. The van der Waals surface area contributed by atoms with E-state index in [9.17, 15) is 24.8 Å². The van der Waals surface area contributed by atoms with Crippen LogP contribution in [0.3, 0.4) is 0 Å². The molecule has 0 spiro atoms. The summed E-state index contributed by atoms with van der Waals surface area (Å²) in [6.07, 6.45) is -0.909. The lowest BCUT2D eigenvalue weighted by Crippen LogP contribution is -2.55. The second-order valence-electron chi connectivity index (χ2n) is 4.35. The molecule has 0 saturated carbocycles. The molecule has 1 aliphatic heterocycles. The Hall–Kier alpha value is -1.71. The number of carbonyl (C=O) groups is 2. The molecule has 0 aromatic carbocycles. The minimum absolute atomic E-state index is 0.270. The van der Waals surface area contributed by atoms with Gasteiger partial charge in [-0.05, 0) is 13.3 Å². The van der Waals surface area contributed by atoms with Crippen LogP contribution in [-0.4, -0.2) is 50.5 Å². The summed E-state index contributed by atoms with van der Waals surface area (Å²) in [5, 5.41) is 20.7. The summed E-state index contributed by atoms with van der Waals surface area (Å²) in [5.74, 6) is 0. The summed E-state index contributed by atoms with van der Waals surface area (Å²) in [4.78, 5) is 38.4. The first-order valence-corrected chi connectivity index (χ1v) is 7.00. The van der Waals surface area contributed by atoms with E-state index in [0.29, 0.717) is 12.8 Å². The van der Waals surface area contributed by atoms with Gasteiger partial charge in [0.15, 0.2) is 0 Å². The van der Waals surface area contributed by atoms with Crippen molar-refractivity contribution in [3.05, 3.63) is 10.1 Å². The first kappa shape index (κ1) is 16.3. The van der Waals surface area contributed by atoms with Gasteiger partial charge in [0.25, 0.3) is 10.3 Å². The average Bonchev–Trinajstić information content (AvgIpc) is 2.65. The molecule has 0 radical (unpaired) electrons. The molecule has 1 aliphatic rings. The SMILES string of the molecule is CCC[C@@H](CO[N+](=O)[O-])N(C(=O)O)[C@H]1NC(=O)SC1C. The molecular weight excluding hydrogens is 290 g/mol. The van der Waals surface area contributed by atoms with Crippen LogP contribution in [0.4, 0.5) is 9.59 Å². The fourth-order valence-electron chi connectivity index (χ4n) is 2.09. The highest BCUT2D eigenvalue weighted by atomic mass is 32.2. The fourth-order valence-corrected chi connectivity index (χ4v) is 2.94. The van der Waals surface area contributed by atoms with Crippen LogP contribution in [0.1, 0.15) is 26.7 Å². The van der Waals surface area contributed by atoms with Crippen LogP contribution < -0.4 is 5.32 Å². The van der Waals surface area contributed by atoms with Crippen molar-refractivity contribution in [2.45, 2.75) is 44.1 Å². The molecule has 0 bridgehead atoms. The van der Waals surface area contributed by atoms with E-state index in [1.807, 2.05) is 6.92 Å². The van der Waals surface area contributed by atoms with Crippen LogP contribution in [0.5, 0.6) is 0 Å². The molecule has 3 atom stereocenters. The molecule has 2 amide bonds. The zero-order valence-electron chi connectivity index (χ0n) is 11.1. The van der Waals surface area contributed by atoms with Gasteiger partial charge in [-0.2, -0.15) is 0 Å². The molecule has 0 aliphatic carbocycles. The molecule has 1 rings (SSSR count). The summed E-state index contributed by atoms with van der Waals surface area (Å²) in [6.45, 7) is 3.21. The Kier molecular flexibility index (Phi) is 5.86. The van der Waals surface area contributed by atoms with Gasteiger partial charge in [-0.15, -0.1) is 10.1 Å². The molecule has 1 unspecified atom stereocenters. The Labute approximate surface area is 119 Å². The molecule has 20 heavy (non-hydrogen) atoms. The lowest BCUT2D eigenvalue weighted by molar-refractivity contribution is -0.758. The maximum atomic E-state index is 11.4. The van der Waals surface area contributed by atoms with E-state index in [0.717, 1.165) is 16.7 Å². The van der Waals surface area contributed by atoms with E-state index in [1.54, 1.807) is 6.92 Å². The molecule has 2 N–H and O–H groups in total. The normalized spacial score (nSPS) is 23.0. The van der Waals surface area contributed by atoms with Gasteiger partial charge in [0, 0.05) is 0 Å². The van der Waals surface area contributed by atoms with Crippen molar-refractivity contribution in [3.63, 3.8) is 0 Å². The zero-order chi connectivity index (χ0) is 15.3. The van der Waals surface area contributed by atoms with Crippen LogP contribution >= 0.6 is 11.8 Å². The predicted molar refractivity (Wildman–Crippen MR) is 70.9 cm³/mol. The third kappa shape index (κ3) is 4.15. The number of nitrogens with one attached hydrogen (secondary N) is 1. The minimum Gasteiger partial charge on any atom is -0.465 e. The maximum absolute atomic E-state index is 11.4. The second-order valence-corrected chi connectivity index (χ2v) is 5.70. The van der Waals surface area contributed by atoms with Crippen molar-refractivity contribution in [3.8, 4) is 0 Å². The van der Waals surface area contributed by atoms with Gasteiger partial charge in [-0.1, -0.05) is 25.1 Å². The standard InChI is InChI=1S/C10H17N3O6S/c1-3-4-7(5-19-13(17)18)12(10(15)16)8-6(2)20-9(14)11-8/h6-8H,3-5H2,1-2H3,(H,11,14)(H,15,16)/t6?,7-,8+/m0/s1. The van der Waals surface area contributed by atoms with Gasteiger partial charge in [0.2, 0.25) is 0 Å². The van der Waals surface area contributed by atoms with Crippen LogP contribution in [0.25, 0.3) is 0 Å². The number of hydrogen-bond donors (Lipinski definition) is 2. The van der Waals surface area contributed by atoms with Gasteiger partial charge in [0.05, 0.1) is 11.3 Å². The topological polar surface area (TPSA) is 122 Å². The van der Waals surface area contributed by atoms with Crippen molar-refractivity contribution in [2.24, 2.45) is 0 Å². The third-order valence-electron chi connectivity index (χ3n) is 2.91. The number of nitrogens with zero attached hydrogens (tertiary/aromatic N) is 2. The summed E-state index contributed by atoms with van der Waals surface area (Å²) in [6, 6.07) is -0.686. The van der Waals surface area contributed by atoms with Gasteiger partial charge < -0.3 is 15.3 Å². The van der Waals surface area contributed by atoms with Crippen molar-refractivity contribution < 1.29 is 24.6 Å². The van der Waals surface area contributed by atoms with E-state index in [-0.39, 0.29) is 17.1 Å². The lowest BCUT2D eigenvalue weighted by Gasteiger charge is -2.34. The highest BCUT2D eigenvalue weighted by molar-refractivity contribution is 8.14. The fraction of sp³-hybridized carbons (Fsp3) is 0.800. The molecule has 1 heterocycles. The molecular formula is C10H17N3O6S. The largest absolute Gasteiger partial charge is 0.465 e. The Morgan fingerprint density at radius 2 is 2.35 bits per heavy atom. The molecule has 0 aromatic heterocycles. The monoisotopic (exact) mass is 307 g/mol. The first-order chi connectivity index (χ1) is 9.36. The van der Waals surface area contributed by atoms with E-state index in [2.05, 4.69) is 10.2 Å². The Bertz CT molecular complexity index is 393. The number of rotatable bonds is 7. The Morgan fingerprint density at radius 1 is 1.70 bits per heavy atom. The number of thioether (sulfide) groups is 1. The van der Waals surface area contributed by atoms with Gasteiger partial charge >= 0.3 is 6.09 Å². The van der Waals surface area contributed by atoms with Crippen molar-refractivity contribution in [1.29, 1.82) is 0 Å². The molecule has 9 nitrogen and oxygen atoms in total. The summed E-state index contributed by atoms with van der Waals surface area (Å²) < 4.78 is 0. The number of carboxylic acid groups (broad SMARTS) is 1. The first-order valence-electron chi connectivity index (χ1n) is 6.12. The summed E-state index contributed by atoms with van der Waals surface area (Å²) >= 11 is 1.00.